The van der Waals surface area contributed by atoms with Crippen LogP contribution in [0.2, 0.25) is 0 Å². The van der Waals surface area contributed by atoms with Crippen molar-refractivity contribution in [1.29, 1.82) is 0 Å². The van der Waals surface area contributed by atoms with Gasteiger partial charge in [0.05, 0.1) is 19.5 Å². The molecule has 6 nitrogen and oxygen atoms in total. The minimum atomic E-state index is -0.0870. The Morgan fingerprint density at radius 2 is 2.20 bits per heavy atom. The number of rotatable bonds is 2. The first kappa shape index (κ1) is 16.1. The van der Waals surface area contributed by atoms with E-state index < -0.39 is 0 Å². The molecule has 1 amide bonds. The lowest BCUT2D eigenvalue weighted by molar-refractivity contribution is 0.0517. The van der Waals surface area contributed by atoms with Gasteiger partial charge in [-0.15, -0.1) is 0 Å². The van der Waals surface area contributed by atoms with Crippen LogP contribution in [0.1, 0.15) is 17.5 Å². The SMILES string of the molecule is C[C@@H]1CN(c2ccccn2)C[C@]12COCCN(C(=O)c1ccco1)C2. The number of hydrogen-bond acceptors (Lipinski definition) is 5. The van der Waals surface area contributed by atoms with E-state index in [1.165, 1.54) is 0 Å². The number of ether oxygens (including phenoxy) is 1. The number of nitrogens with zero attached hydrogens (tertiary/aromatic N) is 3. The van der Waals surface area contributed by atoms with Gasteiger partial charge in [0.2, 0.25) is 0 Å². The highest BCUT2D eigenvalue weighted by atomic mass is 16.5. The molecule has 0 unspecified atom stereocenters. The zero-order chi connectivity index (χ0) is 17.3. The fraction of sp³-hybridized carbons (Fsp3) is 0.474. The van der Waals surface area contributed by atoms with Crippen LogP contribution in [0.3, 0.4) is 0 Å². The van der Waals surface area contributed by atoms with Crippen molar-refractivity contribution in [1.82, 2.24) is 9.88 Å². The average Bonchev–Trinajstić information content (AvgIpc) is 3.21. The van der Waals surface area contributed by atoms with E-state index in [4.69, 9.17) is 9.15 Å². The highest BCUT2D eigenvalue weighted by Crippen LogP contribution is 2.40. The fourth-order valence-electron chi connectivity index (χ4n) is 3.92. The van der Waals surface area contributed by atoms with E-state index in [1.54, 1.807) is 18.4 Å². The van der Waals surface area contributed by atoms with Gasteiger partial charge in [0.1, 0.15) is 5.82 Å². The lowest BCUT2D eigenvalue weighted by atomic mass is 9.79. The van der Waals surface area contributed by atoms with Gasteiger partial charge in [-0.2, -0.15) is 0 Å². The van der Waals surface area contributed by atoms with Crippen molar-refractivity contribution in [2.24, 2.45) is 11.3 Å². The zero-order valence-electron chi connectivity index (χ0n) is 14.4. The molecule has 0 bridgehead atoms. The standard InChI is InChI=1S/C19H23N3O3/c1-15-11-22(17-6-2-3-7-20-17)13-19(15)12-21(8-10-24-14-19)18(23)16-5-4-9-25-16/h2-7,9,15H,8,10-14H2,1H3/t15-,19-/m1/s1. The van der Waals surface area contributed by atoms with Crippen LogP contribution in [0.4, 0.5) is 5.82 Å². The summed E-state index contributed by atoms with van der Waals surface area (Å²) in [6, 6.07) is 9.44. The Labute approximate surface area is 147 Å². The second-order valence-electron chi connectivity index (χ2n) is 7.09. The van der Waals surface area contributed by atoms with Crippen LogP contribution < -0.4 is 4.90 Å². The molecule has 25 heavy (non-hydrogen) atoms. The molecule has 4 heterocycles. The number of anilines is 1. The Kier molecular flexibility index (Phi) is 4.21. The first-order valence-corrected chi connectivity index (χ1v) is 8.74. The van der Waals surface area contributed by atoms with Gasteiger partial charge in [-0.1, -0.05) is 13.0 Å². The van der Waals surface area contributed by atoms with Crippen molar-refractivity contribution in [2.75, 3.05) is 44.3 Å². The smallest absolute Gasteiger partial charge is 0.289 e. The van der Waals surface area contributed by atoms with E-state index in [1.807, 2.05) is 29.3 Å². The van der Waals surface area contributed by atoms with Gasteiger partial charge in [-0.05, 0) is 30.2 Å². The maximum absolute atomic E-state index is 12.8. The summed E-state index contributed by atoms with van der Waals surface area (Å²) < 4.78 is 11.2. The number of aromatic nitrogens is 1. The van der Waals surface area contributed by atoms with Crippen molar-refractivity contribution < 1.29 is 13.9 Å². The van der Waals surface area contributed by atoms with Gasteiger partial charge in [-0.3, -0.25) is 4.79 Å². The van der Waals surface area contributed by atoms with Gasteiger partial charge in [0, 0.05) is 37.8 Å². The molecule has 6 heteroatoms. The largest absolute Gasteiger partial charge is 0.459 e. The summed E-state index contributed by atoms with van der Waals surface area (Å²) in [5, 5.41) is 0. The Bertz CT molecular complexity index is 719. The maximum atomic E-state index is 12.8. The van der Waals surface area contributed by atoms with Crippen molar-refractivity contribution in [2.45, 2.75) is 6.92 Å². The summed E-state index contributed by atoms with van der Waals surface area (Å²) in [6.07, 6.45) is 3.36. The summed E-state index contributed by atoms with van der Waals surface area (Å²) >= 11 is 0. The van der Waals surface area contributed by atoms with E-state index >= 15 is 0 Å². The summed E-state index contributed by atoms with van der Waals surface area (Å²) in [7, 11) is 0. The van der Waals surface area contributed by atoms with E-state index in [2.05, 4.69) is 16.8 Å². The van der Waals surface area contributed by atoms with E-state index in [0.717, 1.165) is 18.9 Å². The van der Waals surface area contributed by atoms with E-state index in [-0.39, 0.29) is 11.3 Å². The summed E-state index contributed by atoms with van der Waals surface area (Å²) in [6.45, 7) is 6.50. The molecule has 0 aromatic carbocycles. The predicted octanol–water partition coefficient (Wildman–Crippen LogP) is 2.29. The quantitative estimate of drug-likeness (QED) is 0.839. The van der Waals surface area contributed by atoms with Crippen LogP contribution in [0, 0.1) is 11.3 Å². The molecule has 2 atom stereocenters. The molecule has 2 aliphatic heterocycles. The monoisotopic (exact) mass is 341 g/mol. The molecule has 2 fully saturated rings. The molecule has 0 N–H and O–H groups in total. The van der Waals surface area contributed by atoms with Crippen LogP contribution in [0.15, 0.2) is 47.2 Å². The Hall–Kier alpha value is -2.34. The van der Waals surface area contributed by atoms with Crippen LogP contribution in [0.5, 0.6) is 0 Å². The lowest BCUT2D eigenvalue weighted by Crippen LogP contribution is -2.45. The average molecular weight is 341 g/mol. The number of carbonyl (C=O) groups is 1. The van der Waals surface area contributed by atoms with Gasteiger partial charge in [0.15, 0.2) is 5.76 Å². The number of amides is 1. The summed E-state index contributed by atoms with van der Waals surface area (Å²) in [5.41, 5.74) is -0.0870. The molecule has 2 aromatic heterocycles. The number of hydrogen-bond donors (Lipinski definition) is 0. The third-order valence-corrected chi connectivity index (χ3v) is 5.44. The van der Waals surface area contributed by atoms with Crippen LogP contribution in [-0.2, 0) is 4.74 Å². The Morgan fingerprint density at radius 3 is 2.96 bits per heavy atom. The molecular formula is C19H23N3O3. The van der Waals surface area contributed by atoms with Crippen molar-refractivity contribution >= 4 is 11.7 Å². The van der Waals surface area contributed by atoms with Crippen molar-refractivity contribution in [3.8, 4) is 0 Å². The molecule has 0 aliphatic carbocycles. The number of pyridine rings is 1. The minimum absolute atomic E-state index is 0.0571. The van der Waals surface area contributed by atoms with E-state index in [9.17, 15) is 4.79 Å². The Morgan fingerprint density at radius 1 is 1.28 bits per heavy atom. The third kappa shape index (κ3) is 3.02. The highest BCUT2D eigenvalue weighted by Gasteiger charge is 2.47. The van der Waals surface area contributed by atoms with Crippen LogP contribution in [0.25, 0.3) is 0 Å². The molecule has 2 saturated heterocycles. The second kappa shape index (κ2) is 6.52. The van der Waals surface area contributed by atoms with Gasteiger partial charge in [-0.25, -0.2) is 4.98 Å². The Balaban J connectivity index is 1.56. The minimum Gasteiger partial charge on any atom is -0.459 e. The molecule has 1 spiro atoms. The van der Waals surface area contributed by atoms with E-state index in [0.29, 0.717) is 38.0 Å². The fourth-order valence-corrected chi connectivity index (χ4v) is 3.92. The lowest BCUT2D eigenvalue weighted by Gasteiger charge is -2.34. The van der Waals surface area contributed by atoms with Gasteiger partial charge >= 0.3 is 0 Å². The number of carbonyl (C=O) groups excluding carboxylic acids is 1. The zero-order valence-corrected chi connectivity index (χ0v) is 14.4. The first-order chi connectivity index (χ1) is 12.2. The maximum Gasteiger partial charge on any atom is 0.289 e. The topological polar surface area (TPSA) is 58.8 Å². The molecular weight excluding hydrogens is 318 g/mol. The number of furan rings is 1. The third-order valence-electron chi connectivity index (χ3n) is 5.44. The highest BCUT2D eigenvalue weighted by molar-refractivity contribution is 5.91. The predicted molar refractivity (Wildman–Crippen MR) is 93.5 cm³/mol. The second-order valence-corrected chi connectivity index (χ2v) is 7.09. The molecule has 132 valence electrons. The molecule has 0 radical (unpaired) electrons. The first-order valence-electron chi connectivity index (χ1n) is 8.74. The normalized spacial score (nSPS) is 26.8. The molecule has 2 aromatic rings. The molecule has 2 aliphatic rings. The summed E-state index contributed by atoms with van der Waals surface area (Å²) in [5.74, 6) is 1.72. The van der Waals surface area contributed by atoms with Gasteiger partial charge < -0.3 is 19.0 Å². The van der Waals surface area contributed by atoms with Crippen LogP contribution >= 0.6 is 0 Å². The molecule has 4 rings (SSSR count). The van der Waals surface area contributed by atoms with Crippen molar-refractivity contribution in [3.05, 3.63) is 48.6 Å². The van der Waals surface area contributed by atoms with Crippen molar-refractivity contribution in [3.63, 3.8) is 0 Å². The summed E-state index contributed by atoms with van der Waals surface area (Å²) in [4.78, 5) is 21.4. The van der Waals surface area contributed by atoms with Crippen LogP contribution in [-0.4, -0.2) is 55.2 Å². The van der Waals surface area contributed by atoms with Gasteiger partial charge in [0.25, 0.3) is 5.91 Å². The molecule has 0 saturated carbocycles.